The van der Waals surface area contributed by atoms with E-state index in [2.05, 4.69) is 27.8 Å². The second-order valence-corrected chi connectivity index (χ2v) is 5.73. The van der Waals surface area contributed by atoms with E-state index in [1.165, 1.54) is 31.2 Å². The molecule has 1 heterocycles. The van der Waals surface area contributed by atoms with Gasteiger partial charge in [-0.25, -0.2) is 4.99 Å². The van der Waals surface area contributed by atoms with Crippen LogP contribution in [0.5, 0.6) is 0 Å². The molecule has 2 aliphatic carbocycles. The Morgan fingerprint density at radius 2 is 1.95 bits per heavy atom. The highest BCUT2D eigenvalue weighted by molar-refractivity contribution is 6.05. The third kappa shape index (κ3) is 2.23. The second-order valence-electron chi connectivity index (χ2n) is 5.73. The molecular weight excluding hydrogens is 238 g/mol. The summed E-state index contributed by atoms with van der Waals surface area (Å²) in [5.41, 5.74) is 2.36. The zero-order chi connectivity index (χ0) is 12.8. The van der Waals surface area contributed by atoms with Crippen LogP contribution in [-0.4, -0.2) is 17.9 Å². The van der Waals surface area contributed by atoms with Crippen molar-refractivity contribution < 1.29 is 4.79 Å². The van der Waals surface area contributed by atoms with Gasteiger partial charge in [0.25, 0.3) is 5.91 Å². The molecule has 0 radical (unpaired) electrons. The van der Waals surface area contributed by atoms with Crippen LogP contribution in [0.1, 0.15) is 48.8 Å². The molecule has 98 valence electrons. The maximum absolute atomic E-state index is 12.0. The lowest BCUT2D eigenvalue weighted by molar-refractivity contribution is -0.120. The van der Waals surface area contributed by atoms with E-state index < -0.39 is 0 Å². The number of carbonyl (C=O) groups is 1. The Hall–Kier alpha value is -1.84. The number of nitrogens with one attached hydrogen (secondary N) is 2. The van der Waals surface area contributed by atoms with Crippen molar-refractivity contribution in [2.24, 2.45) is 4.99 Å². The molecule has 1 aromatic rings. The molecule has 3 aliphatic rings. The summed E-state index contributed by atoms with van der Waals surface area (Å²) in [6.45, 7) is 0. The van der Waals surface area contributed by atoms with E-state index in [0.29, 0.717) is 17.9 Å². The molecule has 1 atom stereocenters. The Kier molecular flexibility index (Phi) is 2.37. The van der Waals surface area contributed by atoms with E-state index in [9.17, 15) is 4.79 Å². The summed E-state index contributed by atoms with van der Waals surface area (Å²) in [5, 5.41) is 6.09. The van der Waals surface area contributed by atoms with Crippen LogP contribution in [0.3, 0.4) is 0 Å². The lowest BCUT2D eigenvalue weighted by Gasteiger charge is -2.06. The molecule has 4 rings (SSSR count). The van der Waals surface area contributed by atoms with Crippen molar-refractivity contribution in [3.8, 4) is 0 Å². The minimum atomic E-state index is -0.375. The maximum Gasteiger partial charge on any atom is 0.256 e. The zero-order valence-corrected chi connectivity index (χ0v) is 10.7. The number of hydrogen-bond donors (Lipinski definition) is 2. The van der Waals surface area contributed by atoms with Gasteiger partial charge >= 0.3 is 0 Å². The van der Waals surface area contributed by atoms with Crippen LogP contribution in [0.4, 0.5) is 0 Å². The fourth-order valence-corrected chi connectivity index (χ4v) is 2.53. The molecule has 0 saturated heterocycles. The van der Waals surface area contributed by atoms with Crippen molar-refractivity contribution in [3.05, 3.63) is 35.4 Å². The van der Waals surface area contributed by atoms with Gasteiger partial charge in [0.2, 0.25) is 0 Å². The number of carbonyl (C=O) groups excluding carboxylic acids is 1. The van der Waals surface area contributed by atoms with Gasteiger partial charge < -0.3 is 5.32 Å². The summed E-state index contributed by atoms with van der Waals surface area (Å²) in [6.07, 6.45) is 4.91. The average molecular weight is 255 g/mol. The minimum absolute atomic E-state index is 0.0175. The summed E-state index contributed by atoms with van der Waals surface area (Å²) < 4.78 is 0. The van der Waals surface area contributed by atoms with Gasteiger partial charge in [-0.2, -0.15) is 0 Å². The first-order valence-corrected chi connectivity index (χ1v) is 7.04. The first-order chi connectivity index (χ1) is 9.29. The summed E-state index contributed by atoms with van der Waals surface area (Å²) in [6, 6.07) is 8.47. The Bertz CT molecular complexity index is 558. The lowest BCUT2D eigenvalue weighted by atomic mass is 10.0. The quantitative estimate of drug-likeness (QED) is 0.866. The molecular formula is C15H17N3O. The normalized spacial score (nSPS) is 26.0. The van der Waals surface area contributed by atoms with Gasteiger partial charge in [-0.1, -0.05) is 24.3 Å². The van der Waals surface area contributed by atoms with E-state index in [1.54, 1.807) is 0 Å². The predicted octanol–water partition coefficient (Wildman–Crippen LogP) is 1.84. The molecule has 1 aliphatic heterocycles. The van der Waals surface area contributed by atoms with Crippen LogP contribution >= 0.6 is 0 Å². The van der Waals surface area contributed by atoms with Crippen molar-refractivity contribution in [2.45, 2.75) is 43.7 Å². The molecule has 2 N–H and O–H groups in total. The number of rotatable bonds is 3. The minimum Gasteiger partial charge on any atom is -0.353 e. The number of hydrogen-bond acceptors (Lipinski definition) is 3. The van der Waals surface area contributed by atoms with E-state index in [1.807, 2.05) is 12.1 Å². The summed E-state index contributed by atoms with van der Waals surface area (Å²) >= 11 is 0. The van der Waals surface area contributed by atoms with Crippen LogP contribution in [0.2, 0.25) is 0 Å². The topological polar surface area (TPSA) is 53.5 Å². The molecule has 1 aromatic carbocycles. The van der Waals surface area contributed by atoms with Crippen molar-refractivity contribution >= 4 is 11.9 Å². The van der Waals surface area contributed by atoms with Gasteiger partial charge in [-0.15, -0.1) is 0 Å². The van der Waals surface area contributed by atoms with E-state index in [-0.39, 0.29) is 11.9 Å². The lowest BCUT2D eigenvalue weighted by Crippen LogP contribution is -2.37. The van der Waals surface area contributed by atoms with Gasteiger partial charge in [0, 0.05) is 6.04 Å². The molecule has 0 bridgehead atoms. The van der Waals surface area contributed by atoms with Gasteiger partial charge in [0.05, 0.1) is 0 Å². The van der Waals surface area contributed by atoms with E-state index >= 15 is 0 Å². The first-order valence-electron chi connectivity index (χ1n) is 7.04. The molecule has 1 amide bonds. The van der Waals surface area contributed by atoms with Crippen LogP contribution < -0.4 is 10.6 Å². The number of aliphatic imine (C=N–C) groups is 1. The van der Waals surface area contributed by atoms with Crippen LogP contribution in [-0.2, 0) is 4.79 Å². The van der Waals surface area contributed by atoms with Gasteiger partial charge in [0.15, 0.2) is 12.0 Å². The molecule has 0 aromatic heterocycles. The zero-order valence-electron chi connectivity index (χ0n) is 10.7. The van der Waals surface area contributed by atoms with E-state index in [0.717, 1.165) is 5.56 Å². The molecule has 0 spiro atoms. The van der Waals surface area contributed by atoms with Crippen LogP contribution in [0.25, 0.3) is 0 Å². The summed E-state index contributed by atoms with van der Waals surface area (Å²) in [7, 11) is 0. The Morgan fingerprint density at radius 3 is 2.68 bits per heavy atom. The van der Waals surface area contributed by atoms with Crippen molar-refractivity contribution in [2.75, 3.05) is 0 Å². The largest absolute Gasteiger partial charge is 0.353 e. The smallest absolute Gasteiger partial charge is 0.256 e. The maximum atomic E-state index is 12.0. The molecule has 19 heavy (non-hydrogen) atoms. The number of nitrogens with zero attached hydrogens (tertiary/aromatic N) is 1. The number of amides is 1. The van der Waals surface area contributed by atoms with Crippen molar-refractivity contribution in [3.63, 3.8) is 0 Å². The van der Waals surface area contributed by atoms with Crippen LogP contribution in [0, 0.1) is 0 Å². The third-order valence-corrected chi connectivity index (χ3v) is 3.94. The van der Waals surface area contributed by atoms with Gasteiger partial charge in [-0.3, -0.25) is 10.1 Å². The van der Waals surface area contributed by atoms with Crippen molar-refractivity contribution in [1.29, 1.82) is 0 Å². The Balaban J connectivity index is 1.58. The monoisotopic (exact) mass is 255 g/mol. The Morgan fingerprint density at radius 1 is 1.16 bits per heavy atom. The summed E-state index contributed by atoms with van der Waals surface area (Å²) in [5.74, 6) is 1.34. The average Bonchev–Trinajstić information content (AvgIpc) is 3.30. The van der Waals surface area contributed by atoms with Gasteiger partial charge in [0.1, 0.15) is 0 Å². The standard InChI is InChI=1S/C15H17N3O/c19-14-13(17-15(18-14)16-12-6-7-12)11-3-1-2-10(8-11)9-4-5-9/h1-3,8-9,12-13H,4-7H2,(H2,16,17,18,19). The van der Waals surface area contributed by atoms with Gasteiger partial charge in [-0.05, 0) is 42.7 Å². The highest BCUT2D eigenvalue weighted by Crippen LogP contribution is 2.40. The van der Waals surface area contributed by atoms with Crippen molar-refractivity contribution in [1.82, 2.24) is 10.6 Å². The highest BCUT2D eigenvalue weighted by Gasteiger charge is 2.32. The fraction of sp³-hybridized carbons (Fsp3) is 0.467. The molecule has 1 unspecified atom stereocenters. The van der Waals surface area contributed by atoms with Crippen LogP contribution in [0.15, 0.2) is 29.3 Å². The third-order valence-electron chi connectivity index (χ3n) is 3.94. The molecule has 4 nitrogen and oxygen atoms in total. The fourth-order valence-electron chi connectivity index (χ4n) is 2.53. The summed E-state index contributed by atoms with van der Waals surface area (Å²) in [4.78, 5) is 16.5. The second kappa shape index (κ2) is 4.08. The van der Waals surface area contributed by atoms with E-state index in [4.69, 9.17) is 0 Å². The molecule has 2 saturated carbocycles. The molecule has 2 fully saturated rings. The number of benzene rings is 1. The SMILES string of the molecule is O=C1NC(NC2CC2)=NC1c1cccc(C2CC2)c1. The predicted molar refractivity (Wildman–Crippen MR) is 72.9 cm³/mol. The Labute approximate surface area is 112 Å². The first kappa shape index (κ1) is 11.0. The highest BCUT2D eigenvalue weighted by atomic mass is 16.2. The molecule has 4 heteroatoms. The number of guanidine groups is 1.